The van der Waals surface area contributed by atoms with Crippen molar-refractivity contribution in [2.75, 3.05) is 39.9 Å². The molecule has 6 nitrogen and oxygen atoms in total. The average molecular weight is 431 g/mol. The summed E-state index contributed by atoms with van der Waals surface area (Å²) in [6, 6.07) is 16.4. The number of nitrogens with one attached hydrogen (secondary N) is 1. The molecular formula is C26H30N4O2. The van der Waals surface area contributed by atoms with Crippen LogP contribution in [0.2, 0.25) is 0 Å². The molecule has 1 fully saturated rings. The number of hydrogen-bond donors (Lipinski definition) is 1. The molecule has 3 aromatic rings. The Morgan fingerprint density at radius 1 is 1.03 bits per heavy atom. The number of fused-ring (bicyclic) bond motifs is 2. The smallest absolute Gasteiger partial charge is 0.252 e. The van der Waals surface area contributed by atoms with Crippen molar-refractivity contribution in [1.29, 1.82) is 0 Å². The van der Waals surface area contributed by atoms with Gasteiger partial charge in [0.25, 0.3) is 5.91 Å². The van der Waals surface area contributed by atoms with E-state index in [9.17, 15) is 4.79 Å². The highest BCUT2D eigenvalue weighted by Crippen LogP contribution is 2.28. The van der Waals surface area contributed by atoms with E-state index < -0.39 is 0 Å². The highest BCUT2D eigenvalue weighted by Gasteiger charge is 2.24. The number of benzene rings is 2. The summed E-state index contributed by atoms with van der Waals surface area (Å²) in [5.74, 6) is -0.0173. The van der Waals surface area contributed by atoms with E-state index in [4.69, 9.17) is 9.72 Å². The summed E-state index contributed by atoms with van der Waals surface area (Å²) in [6.07, 6.45) is 0.874. The summed E-state index contributed by atoms with van der Waals surface area (Å²) >= 11 is 0. The molecule has 3 heterocycles. The van der Waals surface area contributed by atoms with Crippen LogP contribution >= 0.6 is 0 Å². The van der Waals surface area contributed by atoms with E-state index in [1.165, 1.54) is 5.56 Å². The molecule has 2 aromatic carbocycles. The predicted octanol–water partition coefficient (Wildman–Crippen LogP) is 2.98. The van der Waals surface area contributed by atoms with Crippen LogP contribution in [0, 0.1) is 0 Å². The van der Waals surface area contributed by atoms with Crippen LogP contribution < -0.4 is 5.32 Å². The standard InChI is InChI=1S/C26H30N4O2/c1-29-11-10-24-22(18-29)25(21-8-4-5-9-23(21)28-24)26(31)27-16-19-6-2-3-7-20(19)17-30-12-14-32-15-13-30/h2-9H,10-18H2,1H3,(H,27,31). The van der Waals surface area contributed by atoms with Crippen molar-refractivity contribution in [2.45, 2.75) is 26.1 Å². The topological polar surface area (TPSA) is 57.7 Å². The van der Waals surface area contributed by atoms with Crippen molar-refractivity contribution in [2.24, 2.45) is 0 Å². The Kier molecular flexibility index (Phi) is 6.17. The minimum absolute atomic E-state index is 0.0173. The van der Waals surface area contributed by atoms with Gasteiger partial charge in [-0.15, -0.1) is 0 Å². The maximum Gasteiger partial charge on any atom is 0.252 e. The fourth-order valence-electron chi connectivity index (χ4n) is 4.73. The van der Waals surface area contributed by atoms with Crippen molar-refractivity contribution >= 4 is 16.8 Å². The van der Waals surface area contributed by atoms with Gasteiger partial charge in [0.15, 0.2) is 0 Å². The van der Waals surface area contributed by atoms with Crippen molar-refractivity contribution in [3.63, 3.8) is 0 Å². The number of likely N-dealkylation sites (N-methyl/N-ethyl adjacent to an activating group) is 1. The fraction of sp³-hybridized carbons (Fsp3) is 0.385. The number of hydrogen-bond acceptors (Lipinski definition) is 5. The van der Waals surface area contributed by atoms with Crippen molar-refractivity contribution in [3.8, 4) is 0 Å². The molecule has 2 aliphatic heterocycles. The quantitative estimate of drug-likeness (QED) is 0.675. The van der Waals surface area contributed by atoms with Crippen LogP contribution in [0.15, 0.2) is 48.5 Å². The van der Waals surface area contributed by atoms with E-state index in [0.29, 0.717) is 6.54 Å². The summed E-state index contributed by atoms with van der Waals surface area (Å²) in [5, 5.41) is 4.15. The van der Waals surface area contributed by atoms with E-state index in [1.807, 2.05) is 30.3 Å². The molecule has 1 aromatic heterocycles. The fourth-order valence-corrected chi connectivity index (χ4v) is 4.73. The number of amides is 1. The zero-order valence-corrected chi connectivity index (χ0v) is 18.6. The number of rotatable bonds is 5. The van der Waals surface area contributed by atoms with Crippen LogP contribution in [-0.2, 0) is 30.8 Å². The van der Waals surface area contributed by atoms with Gasteiger partial charge in [-0.3, -0.25) is 14.7 Å². The predicted molar refractivity (Wildman–Crippen MR) is 125 cm³/mol. The number of carbonyl (C=O) groups is 1. The van der Waals surface area contributed by atoms with Crippen molar-refractivity contribution in [3.05, 3.63) is 76.5 Å². The average Bonchev–Trinajstić information content (AvgIpc) is 2.82. The van der Waals surface area contributed by atoms with Crippen LogP contribution in [-0.4, -0.2) is 60.6 Å². The first-order valence-corrected chi connectivity index (χ1v) is 11.4. The highest BCUT2D eigenvalue weighted by molar-refractivity contribution is 6.07. The second-order valence-electron chi connectivity index (χ2n) is 8.76. The highest BCUT2D eigenvalue weighted by atomic mass is 16.5. The first-order chi connectivity index (χ1) is 15.7. The first-order valence-electron chi connectivity index (χ1n) is 11.4. The number of aromatic nitrogens is 1. The number of ether oxygens (including phenoxy) is 1. The van der Waals surface area contributed by atoms with Crippen LogP contribution in [0.4, 0.5) is 0 Å². The molecule has 0 spiro atoms. The molecule has 1 N–H and O–H groups in total. The van der Waals surface area contributed by atoms with Gasteiger partial charge in [-0.2, -0.15) is 0 Å². The van der Waals surface area contributed by atoms with Gasteiger partial charge in [0.2, 0.25) is 0 Å². The molecule has 6 heteroatoms. The molecular weight excluding hydrogens is 400 g/mol. The summed E-state index contributed by atoms with van der Waals surface area (Å²) in [7, 11) is 2.10. The SMILES string of the molecule is CN1CCc2nc3ccccc3c(C(=O)NCc3ccccc3CN3CCOCC3)c2C1. The van der Waals surface area contributed by atoms with Gasteiger partial charge in [-0.05, 0) is 24.2 Å². The summed E-state index contributed by atoms with van der Waals surface area (Å²) in [5.41, 5.74) is 6.22. The molecule has 2 aliphatic rings. The van der Waals surface area contributed by atoms with E-state index in [0.717, 1.165) is 85.6 Å². The molecule has 0 radical (unpaired) electrons. The first kappa shape index (κ1) is 21.1. The minimum atomic E-state index is -0.0173. The second kappa shape index (κ2) is 9.36. The van der Waals surface area contributed by atoms with E-state index in [2.05, 4.69) is 40.4 Å². The minimum Gasteiger partial charge on any atom is -0.379 e. The molecule has 5 rings (SSSR count). The number of nitrogens with zero attached hydrogens (tertiary/aromatic N) is 3. The van der Waals surface area contributed by atoms with Crippen LogP contribution in [0.25, 0.3) is 10.9 Å². The van der Waals surface area contributed by atoms with Crippen molar-refractivity contribution < 1.29 is 9.53 Å². The Hall–Kier alpha value is -2.80. The third-order valence-corrected chi connectivity index (χ3v) is 6.52. The Labute approximate surface area is 189 Å². The molecule has 0 aliphatic carbocycles. The third-order valence-electron chi connectivity index (χ3n) is 6.52. The largest absolute Gasteiger partial charge is 0.379 e. The van der Waals surface area contributed by atoms with Gasteiger partial charge in [-0.25, -0.2) is 0 Å². The molecule has 1 saturated heterocycles. The van der Waals surface area contributed by atoms with Gasteiger partial charge in [0, 0.05) is 62.3 Å². The molecule has 0 saturated carbocycles. The van der Waals surface area contributed by atoms with Crippen molar-refractivity contribution in [1.82, 2.24) is 20.1 Å². The van der Waals surface area contributed by atoms with Gasteiger partial charge in [-0.1, -0.05) is 42.5 Å². The summed E-state index contributed by atoms with van der Waals surface area (Å²) in [4.78, 5) is 23.1. The molecule has 0 bridgehead atoms. The Balaban J connectivity index is 1.40. The van der Waals surface area contributed by atoms with Gasteiger partial charge in [0.05, 0.1) is 24.3 Å². The molecule has 0 atom stereocenters. The molecule has 166 valence electrons. The zero-order chi connectivity index (χ0) is 21.9. The second-order valence-corrected chi connectivity index (χ2v) is 8.76. The Bertz CT molecular complexity index is 1120. The number of carbonyl (C=O) groups excluding carboxylic acids is 1. The number of pyridine rings is 1. The van der Waals surface area contributed by atoms with E-state index in [-0.39, 0.29) is 5.91 Å². The maximum atomic E-state index is 13.5. The van der Waals surface area contributed by atoms with Crippen LogP contribution in [0.5, 0.6) is 0 Å². The molecule has 0 unspecified atom stereocenters. The lowest BCUT2D eigenvalue weighted by atomic mass is 9.95. The maximum absolute atomic E-state index is 13.5. The lowest BCUT2D eigenvalue weighted by molar-refractivity contribution is 0.0340. The Morgan fingerprint density at radius 3 is 2.62 bits per heavy atom. The van der Waals surface area contributed by atoms with Gasteiger partial charge in [0.1, 0.15) is 0 Å². The van der Waals surface area contributed by atoms with Gasteiger partial charge < -0.3 is 15.0 Å². The molecule has 1 amide bonds. The van der Waals surface area contributed by atoms with Crippen LogP contribution in [0.1, 0.15) is 32.7 Å². The summed E-state index contributed by atoms with van der Waals surface area (Å²) < 4.78 is 5.48. The molecule has 32 heavy (non-hydrogen) atoms. The van der Waals surface area contributed by atoms with E-state index >= 15 is 0 Å². The normalized spacial score (nSPS) is 17.3. The number of para-hydroxylation sites is 1. The zero-order valence-electron chi connectivity index (χ0n) is 18.6. The lowest BCUT2D eigenvalue weighted by Crippen LogP contribution is -2.36. The monoisotopic (exact) mass is 430 g/mol. The lowest BCUT2D eigenvalue weighted by Gasteiger charge is -2.28. The number of morpholine rings is 1. The third kappa shape index (κ3) is 4.39. The van der Waals surface area contributed by atoms with Crippen LogP contribution in [0.3, 0.4) is 0 Å². The van der Waals surface area contributed by atoms with E-state index in [1.54, 1.807) is 0 Å². The summed E-state index contributed by atoms with van der Waals surface area (Å²) in [6.45, 7) is 6.58. The Morgan fingerprint density at radius 2 is 1.78 bits per heavy atom. The van der Waals surface area contributed by atoms with Gasteiger partial charge >= 0.3 is 0 Å².